The van der Waals surface area contributed by atoms with Crippen molar-refractivity contribution in [1.29, 1.82) is 0 Å². The Hall–Kier alpha value is -3.33. The lowest BCUT2D eigenvalue weighted by molar-refractivity contribution is 0.102. The van der Waals surface area contributed by atoms with Gasteiger partial charge in [0.25, 0.3) is 11.5 Å². The van der Waals surface area contributed by atoms with Gasteiger partial charge in [0.1, 0.15) is 5.56 Å². The van der Waals surface area contributed by atoms with E-state index in [1.54, 1.807) is 29.2 Å². The molecule has 1 aliphatic rings. The summed E-state index contributed by atoms with van der Waals surface area (Å²) >= 11 is 5.88. The summed E-state index contributed by atoms with van der Waals surface area (Å²) in [5, 5.41) is 8.90. The number of urea groups is 1. The number of hydrogen-bond acceptors (Lipinski definition) is 4. The fraction of sp³-hybridized carbons (Fsp3) is 0.300. The molecule has 1 fully saturated rings. The van der Waals surface area contributed by atoms with Gasteiger partial charge in [0.15, 0.2) is 5.65 Å². The van der Waals surface area contributed by atoms with Gasteiger partial charge in [0.05, 0.1) is 5.69 Å². The molecule has 0 radical (unpaired) electrons. The van der Waals surface area contributed by atoms with Crippen LogP contribution in [0.1, 0.15) is 35.3 Å². The zero-order chi connectivity index (χ0) is 21.3. The number of nitrogens with one attached hydrogen (secondary N) is 3. The molecule has 3 amide bonds. The highest BCUT2D eigenvalue weighted by Gasteiger charge is 2.29. The zero-order valence-corrected chi connectivity index (χ0v) is 17.1. The third kappa shape index (κ3) is 3.88. The summed E-state index contributed by atoms with van der Waals surface area (Å²) < 4.78 is 1.23. The predicted octanol–water partition coefficient (Wildman–Crippen LogP) is 2.45. The number of amides is 3. The molecule has 0 saturated carbocycles. The summed E-state index contributed by atoms with van der Waals surface area (Å²) in [6.45, 7) is 3.49. The molecule has 10 heteroatoms. The summed E-state index contributed by atoms with van der Waals surface area (Å²) in [7, 11) is 0. The molecule has 4 rings (SSSR count). The van der Waals surface area contributed by atoms with Crippen LogP contribution in [0.25, 0.3) is 5.65 Å². The molecule has 3 N–H and O–H groups in total. The molecule has 1 saturated heterocycles. The quantitative estimate of drug-likeness (QED) is 0.592. The number of hydrogen-bond donors (Lipinski definition) is 3. The minimum atomic E-state index is -0.393. The molecule has 0 unspecified atom stereocenters. The number of nitrogens with zero attached hydrogens (tertiary/aromatic N) is 3. The van der Waals surface area contributed by atoms with Crippen LogP contribution in [0.15, 0.2) is 41.3 Å². The fourth-order valence-corrected chi connectivity index (χ4v) is 3.68. The molecule has 9 nitrogen and oxygen atoms in total. The molecule has 1 aliphatic heterocycles. The van der Waals surface area contributed by atoms with Gasteiger partial charge in [0.2, 0.25) is 0 Å². The predicted molar refractivity (Wildman–Crippen MR) is 113 cm³/mol. The molecule has 156 valence electrons. The highest BCUT2D eigenvalue weighted by Crippen LogP contribution is 2.26. The van der Waals surface area contributed by atoms with Crippen molar-refractivity contribution in [2.75, 3.05) is 25.0 Å². The van der Waals surface area contributed by atoms with Crippen LogP contribution >= 0.6 is 11.6 Å². The second-order valence-electron chi connectivity index (χ2n) is 7.09. The van der Waals surface area contributed by atoms with E-state index in [0.717, 1.165) is 0 Å². The third-order valence-electron chi connectivity index (χ3n) is 5.09. The Kier molecular flexibility index (Phi) is 5.45. The van der Waals surface area contributed by atoms with Gasteiger partial charge in [-0.15, -0.1) is 0 Å². The molecule has 3 heterocycles. The van der Waals surface area contributed by atoms with Gasteiger partial charge in [-0.3, -0.25) is 14.7 Å². The molecule has 2 aromatic heterocycles. The number of H-pyrrole nitrogens is 1. The monoisotopic (exact) mass is 428 g/mol. The summed E-state index contributed by atoms with van der Waals surface area (Å²) in [6.07, 6.45) is 2.16. The minimum Gasteiger partial charge on any atom is -0.338 e. The summed E-state index contributed by atoms with van der Waals surface area (Å²) in [5.41, 5.74) is 1.35. The van der Waals surface area contributed by atoms with E-state index < -0.39 is 5.91 Å². The number of anilines is 1. The second-order valence-corrected chi connectivity index (χ2v) is 7.53. The van der Waals surface area contributed by atoms with Crippen LogP contribution in [0.5, 0.6) is 0 Å². The number of aromatic nitrogens is 3. The van der Waals surface area contributed by atoms with E-state index in [1.807, 2.05) is 6.92 Å². The van der Waals surface area contributed by atoms with Gasteiger partial charge in [-0.25, -0.2) is 14.3 Å². The molecule has 30 heavy (non-hydrogen) atoms. The number of carbonyl (C=O) groups is 2. The molecular weight excluding hydrogens is 408 g/mol. The van der Waals surface area contributed by atoms with E-state index in [-0.39, 0.29) is 28.7 Å². The average molecular weight is 429 g/mol. The maximum atomic E-state index is 12.8. The van der Waals surface area contributed by atoms with Gasteiger partial charge >= 0.3 is 6.03 Å². The van der Waals surface area contributed by atoms with Crippen LogP contribution in [0.3, 0.4) is 0 Å². The van der Waals surface area contributed by atoms with E-state index in [0.29, 0.717) is 42.5 Å². The third-order valence-corrected chi connectivity index (χ3v) is 5.34. The highest BCUT2D eigenvalue weighted by atomic mass is 35.5. The molecular formula is C20H21ClN6O3. The maximum Gasteiger partial charge on any atom is 0.317 e. The van der Waals surface area contributed by atoms with Crippen molar-refractivity contribution >= 4 is 34.9 Å². The SMILES string of the molecule is CCNC(=O)N1CC[C@@H](c2cc(=O)n3[nH]cc(C(=O)Nc4ccc(Cl)cc4)c3n2)C1. The van der Waals surface area contributed by atoms with Gasteiger partial charge < -0.3 is 15.5 Å². The molecule has 3 aromatic rings. The van der Waals surface area contributed by atoms with Crippen LogP contribution in [0.2, 0.25) is 5.02 Å². The Balaban J connectivity index is 1.60. The highest BCUT2D eigenvalue weighted by molar-refractivity contribution is 6.30. The van der Waals surface area contributed by atoms with Crippen LogP contribution in [0.4, 0.5) is 10.5 Å². The standard InChI is InChI=1S/C20H21ClN6O3/c1-2-22-20(30)26-8-7-12(11-26)16-9-17(28)27-18(25-16)15(10-23-27)19(29)24-14-5-3-13(21)4-6-14/h3-6,9-10,12,23H,2,7-8,11H2,1H3,(H,22,30)(H,24,29)/t12-/m1/s1. The summed E-state index contributed by atoms with van der Waals surface area (Å²) in [4.78, 5) is 43.7. The number of rotatable bonds is 4. The van der Waals surface area contributed by atoms with E-state index in [2.05, 4.69) is 20.7 Å². The normalized spacial score (nSPS) is 16.1. The Bertz CT molecular complexity index is 1150. The molecule has 0 bridgehead atoms. The van der Waals surface area contributed by atoms with Gasteiger partial charge in [-0.2, -0.15) is 0 Å². The first-order valence-electron chi connectivity index (χ1n) is 9.67. The Labute approximate surface area is 177 Å². The Morgan fingerprint density at radius 1 is 1.30 bits per heavy atom. The lowest BCUT2D eigenvalue weighted by Gasteiger charge is -2.16. The van der Waals surface area contributed by atoms with Crippen molar-refractivity contribution in [3.05, 3.63) is 63.2 Å². The van der Waals surface area contributed by atoms with Crippen molar-refractivity contribution in [1.82, 2.24) is 24.8 Å². The van der Waals surface area contributed by atoms with E-state index in [9.17, 15) is 14.4 Å². The number of aromatic amines is 1. The lowest BCUT2D eigenvalue weighted by Crippen LogP contribution is -2.38. The van der Waals surface area contributed by atoms with Gasteiger partial charge in [-0.1, -0.05) is 11.6 Å². The number of benzene rings is 1. The van der Waals surface area contributed by atoms with Gasteiger partial charge in [-0.05, 0) is 37.6 Å². The number of likely N-dealkylation sites (tertiary alicyclic amines) is 1. The van der Waals surface area contributed by atoms with Crippen LogP contribution in [0, 0.1) is 0 Å². The molecule has 0 spiro atoms. The van der Waals surface area contributed by atoms with Crippen molar-refractivity contribution in [3.63, 3.8) is 0 Å². The second kappa shape index (κ2) is 8.19. The largest absolute Gasteiger partial charge is 0.338 e. The van der Waals surface area contributed by atoms with Crippen LogP contribution in [-0.4, -0.2) is 51.1 Å². The average Bonchev–Trinajstić information content (AvgIpc) is 3.37. The number of carbonyl (C=O) groups excluding carboxylic acids is 2. The minimum absolute atomic E-state index is 0.0626. The molecule has 1 atom stereocenters. The maximum absolute atomic E-state index is 12.8. The Morgan fingerprint density at radius 3 is 2.80 bits per heavy atom. The van der Waals surface area contributed by atoms with E-state index in [1.165, 1.54) is 16.8 Å². The van der Waals surface area contributed by atoms with Gasteiger partial charge in [0, 0.05) is 48.5 Å². The fourth-order valence-electron chi connectivity index (χ4n) is 3.56. The smallest absolute Gasteiger partial charge is 0.317 e. The topological polar surface area (TPSA) is 112 Å². The van der Waals surface area contributed by atoms with Crippen LogP contribution in [-0.2, 0) is 0 Å². The van der Waals surface area contributed by atoms with Crippen LogP contribution < -0.4 is 16.2 Å². The van der Waals surface area contributed by atoms with Crippen molar-refractivity contribution in [3.8, 4) is 0 Å². The molecule has 0 aliphatic carbocycles. The van der Waals surface area contributed by atoms with Crippen molar-refractivity contribution in [2.24, 2.45) is 0 Å². The first-order chi connectivity index (χ1) is 14.5. The molecule has 1 aromatic carbocycles. The van der Waals surface area contributed by atoms with Crippen molar-refractivity contribution in [2.45, 2.75) is 19.3 Å². The number of fused-ring (bicyclic) bond motifs is 1. The van der Waals surface area contributed by atoms with E-state index >= 15 is 0 Å². The Morgan fingerprint density at radius 2 is 2.07 bits per heavy atom. The van der Waals surface area contributed by atoms with Crippen molar-refractivity contribution < 1.29 is 9.59 Å². The van der Waals surface area contributed by atoms with E-state index in [4.69, 9.17) is 11.6 Å². The summed E-state index contributed by atoms with van der Waals surface area (Å²) in [5.74, 6) is -0.456. The summed E-state index contributed by atoms with van der Waals surface area (Å²) in [6, 6.07) is 8.06. The zero-order valence-electron chi connectivity index (χ0n) is 16.3. The number of halogens is 1. The lowest BCUT2D eigenvalue weighted by atomic mass is 10.0. The first kappa shape index (κ1) is 20.0. The first-order valence-corrected chi connectivity index (χ1v) is 10.0.